The van der Waals surface area contributed by atoms with Gasteiger partial charge < -0.3 is 0 Å². The summed E-state index contributed by atoms with van der Waals surface area (Å²) in [5, 5.41) is 2.70. The first-order chi connectivity index (χ1) is 8.34. The Kier molecular flexibility index (Phi) is 1.58. The molecule has 0 saturated carbocycles. The predicted octanol–water partition coefficient (Wildman–Crippen LogP) is 4.80. The minimum atomic E-state index is 1.34. The van der Waals surface area contributed by atoms with Crippen molar-refractivity contribution in [1.82, 2.24) is 0 Å². The molecule has 0 atom stereocenters. The second-order valence-corrected chi connectivity index (χ2v) is 4.74. The third kappa shape index (κ3) is 1.07. The molecular weight excluding hydrogens is 204 g/mol. The SMILES string of the molecule is Cc1cccc2c1-c1cc-2c2ccccc2c1. The van der Waals surface area contributed by atoms with Crippen molar-refractivity contribution in [2.45, 2.75) is 6.92 Å². The second-order valence-electron chi connectivity index (χ2n) is 4.74. The van der Waals surface area contributed by atoms with Crippen LogP contribution in [0.25, 0.3) is 33.0 Å². The first-order valence-electron chi connectivity index (χ1n) is 5.98. The molecule has 0 fully saturated rings. The zero-order valence-electron chi connectivity index (χ0n) is 9.70. The topological polar surface area (TPSA) is 0 Å². The standard InChI is InChI=1S/C17H12/c1-11-5-4-8-15-16-10-13(17(11)15)9-12-6-2-3-7-14(12)16/h2-10H,1H3. The van der Waals surface area contributed by atoms with Crippen LogP contribution in [0.1, 0.15) is 5.56 Å². The van der Waals surface area contributed by atoms with Gasteiger partial charge in [0, 0.05) is 0 Å². The first-order valence-corrected chi connectivity index (χ1v) is 5.98. The minimum Gasteiger partial charge on any atom is -0.0616 e. The Hall–Kier alpha value is -2.08. The normalized spacial score (nSPS) is 11.8. The average Bonchev–Trinajstić information content (AvgIpc) is 2.66. The molecule has 0 N–H and O–H groups in total. The largest absolute Gasteiger partial charge is 0.0616 e. The van der Waals surface area contributed by atoms with E-state index in [4.69, 9.17) is 0 Å². The van der Waals surface area contributed by atoms with Gasteiger partial charge in [0.05, 0.1) is 0 Å². The van der Waals surface area contributed by atoms with Crippen molar-refractivity contribution in [3.63, 3.8) is 0 Å². The van der Waals surface area contributed by atoms with E-state index in [1.807, 2.05) is 0 Å². The lowest BCUT2D eigenvalue weighted by molar-refractivity contribution is 1.49. The van der Waals surface area contributed by atoms with E-state index < -0.39 is 0 Å². The fourth-order valence-electron chi connectivity index (χ4n) is 2.95. The van der Waals surface area contributed by atoms with E-state index in [-0.39, 0.29) is 0 Å². The van der Waals surface area contributed by atoms with Crippen LogP contribution in [0.3, 0.4) is 0 Å². The average molecular weight is 216 g/mol. The van der Waals surface area contributed by atoms with Crippen molar-refractivity contribution in [1.29, 1.82) is 0 Å². The van der Waals surface area contributed by atoms with E-state index in [9.17, 15) is 0 Å². The van der Waals surface area contributed by atoms with Crippen LogP contribution in [0.4, 0.5) is 0 Å². The Balaban J connectivity index is 2.24. The van der Waals surface area contributed by atoms with Crippen LogP contribution in [0.15, 0.2) is 54.6 Å². The lowest BCUT2D eigenvalue weighted by Crippen LogP contribution is -1.79. The Bertz CT molecular complexity index is 751. The molecule has 0 saturated heterocycles. The van der Waals surface area contributed by atoms with Crippen molar-refractivity contribution >= 4 is 10.8 Å². The van der Waals surface area contributed by atoms with Gasteiger partial charge in [0.2, 0.25) is 0 Å². The van der Waals surface area contributed by atoms with Crippen LogP contribution < -0.4 is 0 Å². The third-order valence-corrected chi connectivity index (χ3v) is 3.71. The van der Waals surface area contributed by atoms with Crippen molar-refractivity contribution in [2.75, 3.05) is 0 Å². The summed E-state index contributed by atoms with van der Waals surface area (Å²) in [4.78, 5) is 0. The van der Waals surface area contributed by atoms with Crippen LogP contribution in [-0.2, 0) is 0 Å². The van der Waals surface area contributed by atoms with E-state index in [0.717, 1.165) is 0 Å². The molecule has 1 aliphatic rings. The molecule has 0 radical (unpaired) electrons. The highest BCUT2D eigenvalue weighted by Crippen LogP contribution is 2.45. The summed E-state index contributed by atoms with van der Waals surface area (Å²) in [5.41, 5.74) is 6.93. The molecular formula is C17H12. The summed E-state index contributed by atoms with van der Waals surface area (Å²) in [6.45, 7) is 2.19. The highest BCUT2D eigenvalue weighted by atomic mass is 14.2. The number of rotatable bonds is 0. The molecule has 0 heteroatoms. The van der Waals surface area contributed by atoms with E-state index in [1.54, 1.807) is 0 Å². The maximum atomic E-state index is 2.32. The van der Waals surface area contributed by atoms with Crippen molar-refractivity contribution < 1.29 is 0 Å². The molecule has 17 heavy (non-hydrogen) atoms. The lowest BCUT2D eigenvalue weighted by atomic mass is 10.0. The zero-order chi connectivity index (χ0) is 11.4. The molecule has 0 heterocycles. The number of fused-ring (bicyclic) bond motifs is 7. The summed E-state index contributed by atoms with van der Waals surface area (Å²) in [6, 6.07) is 19.8. The molecule has 0 unspecified atom stereocenters. The van der Waals surface area contributed by atoms with Gasteiger partial charge in [-0.05, 0) is 57.6 Å². The molecule has 2 bridgehead atoms. The van der Waals surface area contributed by atoms with E-state index in [0.29, 0.717) is 0 Å². The molecule has 1 aliphatic carbocycles. The quantitative estimate of drug-likeness (QED) is 0.396. The van der Waals surface area contributed by atoms with Crippen molar-refractivity contribution in [3.05, 3.63) is 60.2 Å². The predicted molar refractivity (Wildman–Crippen MR) is 73.1 cm³/mol. The molecule has 3 aromatic carbocycles. The summed E-state index contributed by atoms with van der Waals surface area (Å²) in [6.07, 6.45) is 0. The maximum absolute atomic E-state index is 2.32. The van der Waals surface area contributed by atoms with E-state index >= 15 is 0 Å². The molecule has 0 spiro atoms. The molecule has 0 aliphatic heterocycles. The first kappa shape index (κ1) is 9.00. The van der Waals surface area contributed by atoms with Crippen molar-refractivity contribution in [2.24, 2.45) is 0 Å². The fraction of sp³-hybridized carbons (Fsp3) is 0.0588. The number of aryl methyl sites for hydroxylation is 1. The minimum absolute atomic E-state index is 1.34. The molecule has 0 amide bonds. The Morgan fingerprint density at radius 1 is 0.765 bits per heavy atom. The van der Waals surface area contributed by atoms with E-state index in [1.165, 1.54) is 38.6 Å². The van der Waals surface area contributed by atoms with Crippen LogP contribution in [0.5, 0.6) is 0 Å². The number of benzene rings is 3. The second kappa shape index (κ2) is 2.98. The maximum Gasteiger partial charge on any atom is -0.00755 e. The van der Waals surface area contributed by atoms with Gasteiger partial charge in [-0.3, -0.25) is 0 Å². The summed E-state index contributed by atoms with van der Waals surface area (Å²) in [7, 11) is 0. The highest BCUT2D eigenvalue weighted by Gasteiger charge is 2.19. The molecule has 0 nitrogen and oxygen atoms in total. The highest BCUT2D eigenvalue weighted by molar-refractivity contribution is 6.08. The van der Waals surface area contributed by atoms with Gasteiger partial charge in [-0.2, -0.15) is 0 Å². The molecule has 80 valence electrons. The molecule has 3 aromatic rings. The Morgan fingerprint density at radius 2 is 1.65 bits per heavy atom. The number of hydrogen-bond acceptors (Lipinski definition) is 0. The van der Waals surface area contributed by atoms with Crippen LogP contribution in [0, 0.1) is 6.92 Å². The van der Waals surface area contributed by atoms with Crippen molar-refractivity contribution in [3.8, 4) is 22.3 Å². The lowest BCUT2D eigenvalue weighted by Gasteiger charge is -2.03. The molecule has 0 aromatic heterocycles. The third-order valence-electron chi connectivity index (χ3n) is 3.71. The zero-order valence-corrected chi connectivity index (χ0v) is 9.70. The van der Waals surface area contributed by atoms with Crippen LogP contribution >= 0.6 is 0 Å². The monoisotopic (exact) mass is 216 g/mol. The Morgan fingerprint density at radius 3 is 2.59 bits per heavy atom. The van der Waals surface area contributed by atoms with Crippen LogP contribution in [0.2, 0.25) is 0 Å². The summed E-state index contributed by atoms with van der Waals surface area (Å²) >= 11 is 0. The van der Waals surface area contributed by atoms with Gasteiger partial charge in [0.15, 0.2) is 0 Å². The van der Waals surface area contributed by atoms with Crippen LogP contribution in [-0.4, -0.2) is 0 Å². The van der Waals surface area contributed by atoms with E-state index in [2.05, 4.69) is 61.5 Å². The van der Waals surface area contributed by atoms with Gasteiger partial charge in [-0.15, -0.1) is 0 Å². The van der Waals surface area contributed by atoms with Gasteiger partial charge in [0.25, 0.3) is 0 Å². The fourth-order valence-corrected chi connectivity index (χ4v) is 2.95. The number of hydrogen-bond donors (Lipinski definition) is 0. The van der Waals surface area contributed by atoms with Gasteiger partial charge in [-0.1, -0.05) is 42.5 Å². The van der Waals surface area contributed by atoms with Gasteiger partial charge >= 0.3 is 0 Å². The molecule has 4 rings (SSSR count). The summed E-state index contributed by atoms with van der Waals surface area (Å²) in [5.74, 6) is 0. The summed E-state index contributed by atoms with van der Waals surface area (Å²) < 4.78 is 0. The smallest absolute Gasteiger partial charge is 0.00755 e. The van der Waals surface area contributed by atoms with Gasteiger partial charge in [-0.25, -0.2) is 0 Å². The Labute approximate surface area is 101 Å². The van der Waals surface area contributed by atoms with Gasteiger partial charge in [0.1, 0.15) is 0 Å².